The Kier molecular flexibility index (Phi) is 1.95. The maximum atomic E-state index is 11.2. The maximum Gasteiger partial charge on any atom is 0.235 e. The Morgan fingerprint density at radius 2 is 2.30 bits per heavy atom. The molecule has 0 bridgehead atoms. The number of thioether (sulfide) groups is 1. The van der Waals surface area contributed by atoms with Crippen molar-refractivity contribution in [1.82, 2.24) is 5.32 Å². The van der Waals surface area contributed by atoms with Gasteiger partial charge in [-0.25, -0.2) is 0 Å². The summed E-state index contributed by atoms with van der Waals surface area (Å²) in [6.07, 6.45) is 0. The summed E-state index contributed by atoms with van der Waals surface area (Å²) in [5.74, 6) is 1.19. The van der Waals surface area contributed by atoms with Crippen molar-refractivity contribution in [2.75, 3.05) is 5.75 Å². The molecule has 1 aliphatic rings. The van der Waals surface area contributed by atoms with Gasteiger partial charge in [0.2, 0.25) is 5.91 Å². The predicted molar refractivity (Wildman–Crippen MR) is 44.1 cm³/mol. The Balaban J connectivity index is 2.61. The molecule has 1 aliphatic heterocycles. The van der Waals surface area contributed by atoms with Gasteiger partial charge in [0.15, 0.2) is 0 Å². The summed E-state index contributed by atoms with van der Waals surface area (Å²) in [5.41, 5.74) is 0. The van der Waals surface area contributed by atoms with Gasteiger partial charge < -0.3 is 5.32 Å². The molecule has 10 heavy (non-hydrogen) atoms. The molecule has 0 saturated carbocycles. The molecule has 1 heterocycles. The van der Waals surface area contributed by atoms with E-state index in [0.717, 1.165) is 5.75 Å². The molecule has 0 aromatic heterocycles. The second kappa shape index (κ2) is 2.46. The van der Waals surface area contributed by atoms with Crippen molar-refractivity contribution >= 4 is 17.7 Å². The molecule has 1 saturated heterocycles. The van der Waals surface area contributed by atoms with Gasteiger partial charge in [0, 0.05) is 11.8 Å². The van der Waals surface area contributed by atoms with Gasteiger partial charge >= 0.3 is 0 Å². The van der Waals surface area contributed by atoms with Gasteiger partial charge in [-0.1, -0.05) is 0 Å². The predicted octanol–water partition coefficient (Wildman–Crippen LogP) is 1.02. The monoisotopic (exact) mass is 159 g/mol. The van der Waals surface area contributed by atoms with E-state index in [0.29, 0.717) is 6.04 Å². The van der Waals surface area contributed by atoms with Gasteiger partial charge in [-0.2, -0.15) is 0 Å². The van der Waals surface area contributed by atoms with E-state index >= 15 is 0 Å². The number of hydrogen-bond acceptors (Lipinski definition) is 2. The average molecular weight is 159 g/mol. The van der Waals surface area contributed by atoms with Crippen molar-refractivity contribution in [2.24, 2.45) is 0 Å². The van der Waals surface area contributed by atoms with Crippen molar-refractivity contribution in [1.29, 1.82) is 0 Å². The molecular weight excluding hydrogens is 146 g/mol. The summed E-state index contributed by atoms with van der Waals surface area (Å²) >= 11 is 1.72. The van der Waals surface area contributed by atoms with Crippen molar-refractivity contribution in [3.05, 3.63) is 0 Å². The molecular formula is C7H13NOS. The third-order valence-electron chi connectivity index (χ3n) is 1.62. The molecule has 0 radical (unpaired) electrons. The van der Waals surface area contributed by atoms with E-state index in [1.165, 1.54) is 0 Å². The number of rotatable bonds is 0. The maximum absolute atomic E-state index is 11.2. The van der Waals surface area contributed by atoms with E-state index in [4.69, 9.17) is 0 Å². The quantitative estimate of drug-likeness (QED) is 0.571. The number of carbonyl (C=O) groups is 1. The van der Waals surface area contributed by atoms with Crippen molar-refractivity contribution in [3.63, 3.8) is 0 Å². The number of hydrogen-bond donors (Lipinski definition) is 1. The largest absolute Gasteiger partial charge is 0.352 e. The van der Waals surface area contributed by atoms with Crippen LogP contribution in [0.4, 0.5) is 0 Å². The molecule has 1 amide bonds. The van der Waals surface area contributed by atoms with E-state index in [1.54, 1.807) is 11.8 Å². The van der Waals surface area contributed by atoms with Crippen LogP contribution < -0.4 is 5.32 Å². The van der Waals surface area contributed by atoms with Crippen LogP contribution in [0.25, 0.3) is 0 Å². The van der Waals surface area contributed by atoms with Gasteiger partial charge in [0.25, 0.3) is 0 Å². The number of nitrogens with one attached hydrogen (secondary N) is 1. The average Bonchev–Trinajstić information content (AvgIpc) is 1.81. The summed E-state index contributed by atoms with van der Waals surface area (Å²) in [4.78, 5) is 11.2. The molecule has 0 aromatic rings. The highest BCUT2D eigenvalue weighted by molar-refractivity contribution is 8.01. The lowest BCUT2D eigenvalue weighted by Crippen LogP contribution is -2.50. The van der Waals surface area contributed by atoms with Crippen LogP contribution in [0.1, 0.15) is 20.8 Å². The van der Waals surface area contributed by atoms with E-state index in [2.05, 4.69) is 5.32 Å². The van der Waals surface area contributed by atoms with Crippen molar-refractivity contribution in [3.8, 4) is 0 Å². The summed E-state index contributed by atoms with van der Waals surface area (Å²) in [5, 5.41) is 2.91. The Bertz CT molecular complexity index is 156. The smallest absolute Gasteiger partial charge is 0.235 e. The first-order chi connectivity index (χ1) is 4.52. The van der Waals surface area contributed by atoms with Gasteiger partial charge in [0.05, 0.1) is 4.75 Å². The lowest BCUT2D eigenvalue weighted by atomic mass is 10.2. The summed E-state index contributed by atoms with van der Waals surface area (Å²) < 4.78 is -0.216. The molecule has 0 unspecified atom stereocenters. The van der Waals surface area contributed by atoms with E-state index in [9.17, 15) is 4.79 Å². The Morgan fingerprint density at radius 1 is 1.70 bits per heavy atom. The fourth-order valence-electron chi connectivity index (χ4n) is 0.838. The summed E-state index contributed by atoms with van der Waals surface area (Å²) in [6.45, 7) is 5.94. The molecule has 58 valence electrons. The van der Waals surface area contributed by atoms with Crippen LogP contribution in [0.15, 0.2) is 0 Å². The molecule has 1 rings (SSSR count). The number of amides is 1. The van der Waals surface area contributed by atoms with Gasteiger partial charge in [-0.05, 0) is 20.8 Å². The highest BCUT2D eigenvalue weighted by Crippen LogP contribution is 2.28. The van der Waals surface area contributed by atoms with Gasteiger partial charge in [-0.15, -0.1) is 11.8 Å². The van der Waals surface area contributed by atoms with Crippen LogP contribution in [0.2, 0.25) is 0 Å². The topological polar surface area (TPSA) is 29.1 Å². The second-order valence-corrected chi connectivity index (χ2v) is 4.84. The molecule has 1 fully saturated rings. The molecule has 0 aromatic carbocycles. The Hall–Kier alpha value is -0.180. The molecule has 1 N–H and O–H groups in total. The van der Waals surface area contributed by atoms with Gasteiger partial charge in [-0.3, -0.25) is 4.79 Å². The first-order valence-corrected chi connectivity index (χ1v) is 4.46. The van der Waals surface area contributed by atoms with Crippen LogP contribution in [-0.2, 0) is 4.79 Å². The van der Waals surface area contributed by atoms with Gasteiger partial charge in [0.1, 0.15) is 0 Å². The van der Waals surface area contributed by atoms with Crippen LogP contribution in [0.5, 0.6) is 0 Å². The summed E-state index contributed by atoms with van der Waals surface area (Å²) in [7, 11) is 0. The fourth-order valence-corrected chi connectivity index (χ4v) is 1.78. The molecule has 0 aliphatic carbocycles. The second-order valence-electron chi connectivity index (χ2n) is 3.20. The fraction of sp³-hybridized carbons (Fsp3) is 0.857. The van der Waals surface area contributed by atoms with Crippen LogP contribution in [0, 0.1) is 0 Å². The Labute approximate surface area is 65.8 Å². The molecule has 3 heteroatoms. The normalized spacial score (nSPS) is 31.5. The van der Waals surface area contributed by atoms with E-state index in [-0.39, 0.29) is 10.7 Å². The lowest BCUT2D eigenvalue weighted by Gasteiger charge is -2.31. The minimum absolute atomic E-state index is 0.163. The zero-order valence-electron chi connectivity index (χ0n) is 6.60. The molecule has 2 nitrogen and oxygen atoms in total. The minimum Gasteiger partial charge on any atom is -0.352 e. The van der Waals surface area contributed by atoms with E-state index in [1.807, 2.05) is 20.8 Å². The van der Waals surface area contributed by atoms with Crippen LogP contribution >= 0.6 is 11.8 Å². The van der Waals surface area contributed by atoms with Crippen LogP contribution in [0.3, 0.4) is 0 Å². The van der Waals surface area contributed by atoms with Crippen molar-refractivity contribution in [2.45, 2.75) is 31.6 Å². The highest BCUT2D eigenvalue weighted by atomic mass is 32.2. The third-order valence-corrected chi connectivity index (χ3v) is 3.19. The first kappa shape index (κ1) is 7.92. The standard InChI is InChI=1S/C7H13NOS/c1-5-4-10-7(2,3)6(9)8-5/h5H,4H2,1-3H3,(H,8,9)/t5-/m0/s1. The SMILES string of the molecule is C[C@H]1CSC(C)(C)C(=O)N1. The van der Waals surface area contributed by atoms with E-state index < -0.39 is 0 Å². The highest BCUT2D eigenvalue weighted by Gasteiger charge is 2.33. The molecule has 1 atom stereocenters. The number of carbonyl (C=O) groups excluding carboxylic acids is 1. The first-order valence-electron chi connectivity index (χ1n) is 3.47. The minimum atomic E-state index is -0.216. The lowest BCUT2D eigenvalue weighted by molar-refractivity contribution is -0.123. The van der Waals surface area contributed by atoms with Crippen LogP contribution in [-0.4, -0.2) is 22.4 Å². The Morgan fingerprint density at radius 3 is 2.70 bits per heavy atom. The zero-order chi connectivity index (χ0) is 7.78. The summed E-state index contributed by atoms with van der Waals surface area (Å²) in [6, 6.07) is 0.338. The zero-order valence-corrected chi connectivity index (χ0v) is 7.42. The van der Waals surface area contributed by atoms with Crippen molar-refractivity contribution < 1.29 is 4.79 Å². The third kappa shape index (κ3) is 1.45. The molecule has 0 spiro atoms.